The zero-order chi connectivity index (χ0) is 19.6. The van der Waals surface area contributed by atoms with Gasteiger partial charge >= 0.3 is 0 Å². The summed E-state index contributed by atoms with van der Waals surface area (Å²) in [5.41, 5.74) is 1.74. The highest BCUT2D eigenvalue weighted by Gasteiger charge is 2.44. The predicted molar refractivity (Wildman–Crippen MR) is 105 cm³/mol. The minimum absolute atomic E-state index is 0.0529. The maximum Gasteiger partial charge on any atom is 0.253 e. The fraction of sp³-hybridized carbons (Fsp3) is 0.391. The van der Waals surface area contributed by atoms with Crippen LogP contribution in [-0.4, -0.2) is 40.7 Å². The Morgan fingerprint density at radius 3 is 2.61 bits per heavy atom. The van der Waals surface area contributed by atoms with E-state index < -0.39 is 6.10 Å². The molecule has 2 saturated heterocycles. The molecule has 2 aliphatic heterocycles. The van der Waals surface area contributed by atoms with E-state index in [0.717, 1.165) is 5.56 Å². The van der Waals surface area contributed by atoms with Crippen molar-refractivity contribution in [2.75, 3.05) is 13.1 Å². The Labute approximate surface area is 165 Å². The van der Waals surface area contributed by atoms with Gasteiger partial charge in [-0.15, -0.1) is 0 Å². The molecule has 2 aliphatic rings. The molecule has 4 rings (SSSR count). The summed E-state index contributed by atoms with van der Waals surface area (Å²) in [6, 6.07) is 18.9. The Hall–Kier alpha value is -2.68. The van der Waals surface area contributed by atoms with E-state index in [9.17, 15) is 9.90 Å². The van der Waals surface area contributed by atoms with Gasteiger partial charge in [-0.2, -0.15) is 5.26 Å². The highest BCUT2D eigenvalue weighted by atomic mass is 16.5. The maximum atomic E-state index is 12.8. The van der Waals surface area contributed by atoms with Gasteiger partial charge in [-0.05, 0) is 36.6 Å². The highest BCUT2D eigenvalue weighted by Crippen LogP contribution is 2.43. The topological polar surface area (TPSA) is 73.6 Å². The van der Waals surface area contributed by atoms with Gasteiger partial charge in [-0.1, -0.05) is 36.4 Å². The van der Waals surface area contributed by atoms with Crippen LogP contribution in [-0.2, 0) is 4.74 Å². The molecule has 0 aromatic heterocycles. The van der Waals surface area contributed by atoms with E-state index in [1.54, 1.807) is 24.3 Å². The van der Waals surface area contributed by atoms with E-state index in [1.165, 1.54) is 0 Å². The summed E-state index contributed by atoms with van der Waals surface area (Å²) in [7, 11) is 0. The number of aliphatic hydroxyl groups is 1. The molecule has 0 aliphatic carbocycles. The van der Waals surface area contributed by atoms with Crippen LogP contribution in [0.25, 0.3) is 0 Å². The number of likely N-dealkylation sites (tertiary alicyclic amines) is 1. The van der Waals surface area contributed by atoms with Crippen LogP contribution in [0, 0.1) is 11.3 Å². The van der Waals surface area contributed by atoms with Crippen molar-refractivity contribution in [1.29, 1.82) is 5.26 Å². The summed E-state index contributed by atoms with van der Waals surface area (Å²) in [4.78, 5) is 14.6. The maximum absolute atomic E-state index is 12.8. The Balaban J connectivity index is 1.45. The van der Waals surface area contributed by atoms with E-state index in [1.807, 2.05) is 35.2 Å². The minimum Gasteiger partial charge on any atom is -0.393 e. The number of aliphatic hydroxyl groups excluding tert-OH is 1. The van der Waals surface area contributed by atoms with Gasteiger partial charge < -0.3 is 14.7 Å². The Morgan fingerprint density at radius 2 is 1.89 bits per heavy atom. The lowest BCUT2D eigenvalue weighted by Crippen LogP contribution is -2.52. The fourth-order valence-corrected chi connectivity index (χ4v) is 4.37. The van der Waals surface area contributed by atoms with Gasteiger partial charge in [0.15, 0.2) is 0 Å². The van der Waals surface area contributed by atoms with E-state index in [0.29, 0.717) is 49.9 Å². The summed E-state index contributed by atoms with van der Waals surface area (Å²) < 4.78 is 6.50. The Bertz CT molecular complexity index is 882. The second-order valence-corrected chi connectivity index (χ2v) is 7.78. The fourth-order valence-electron chi connectivity index (χ4n) is 4.37. The van der Waals surface area contributed by atoms with Crippen LogP contribution in [0.5, 0.6) is 0 Å². The summed E-state index contributed by atoms with van der Waals surface area (Å²) in [6.07, 6.45) is 2.12. The number of piperidine rings is 1. The second-order valence-electron chi connectivity index (χ2n) is 7.78. The molecule has 0 bridgehead atoms. The SMILES string of the molecule is N#Cc1cccc(C(=O)N2CCC3(CC2)C[C@H](O)C[C@H](c2ccccc2)O3)c1. The number of hydrogen-bond donors (Lipinski definition) is 1. The number of rotatable bonds is 2. The molecule has 0 radical (unpaired) electrons. The molecule has 28 heavy (non-hydrogen) atoms. The van der Waals surface area contributed by atoms with Crippen molar-refractivity contribution in [2.24, 2.45) is 0 Å². The van der Waals surface area contributed by atoms with Crippen molar-refractivity contribution in [2.45, 2.75) is 43.5 Å². The van der Waals surface area contributed by atoms with Gasteiger partial charge in [-0.3, -0.25) is 4.79 Å². The normalized spacial score (nSPS) is 23.9. The van der Waals surface area contributed by atoms with Crippen LogP contribution in [0.15, 0.2) is 54.6 Å². The molecule has 2 atom stereocenters. The van der Waals surface area contributed by atoms with Gasteiger partial charge in [0.25, 0.3) is 5.91 Å². The van der Waals surface area contributed by atoms with Crippen LogP contribution in [0.4, 0.5) is 0 Å². The van der Waals surface area contributed by atoms with E-state index in [2.05, 4.69) is 6.07 Å². The number of hydrogen-bond acceptors (Lipinski definition) is 4. The van der Waals surface area contributed by atoms with Gasteiger partial charge in [-0.25, -0.2) is 0 Å². The minimum atomic E-state index is -0.395. The Kier molecular flexibility index (Phi) is 5.17. The van der Waals surface area contributed by atoms with Crippen LogP contribution < -0.4 is 0 Å². The van der Waals surface area contributed by atoms with Crippen molar-refractivity contribution in [3.8, 4) is 6.07 Å². The smallest absolute Gasteiger partial charge is 0.253 e. The van der Waals surface area contributed by atoms with E-state index in [4.69, 9.17) is 10.00 Å². The van der Waals surface area contributed by atoms with Gasteiger partial charge in [0.1, 0.15) is 0 Å². The first-order valence-electron chi connectivity index (χ1n) is 9.79. The molecular formula is C23H24N2O3. The van der Waals surface area contributed by atoms with Crippen molar-refractivity contribution < 1.29 is 14.6 Å². The van der Waals surface area contributed by atoms with E-state index >= 15 is 0 Å². The van der Waals surface area contributed by atoms with Gasteiger partial charge in [0.2, 0.25) is 0 Å². The number of nitrogens with zero attached hydrogens (tertiary/aromatic N) is 2. The molecule has 5 heteroatoms. The first-order chi connectivity index (χ1) is 13.6. The molecule has 2 fully saturated rings. The quantitative estimate of drug-likeness (QED) is 0.871. The molecule has 2 aromatic carbocycles. The van der Waals surface area contributed by atoms with Crippen LogP contribution in [0.2, 0.25) is 0 Å². The molecule has 1 spiro atoms. The molecule has 144 valence electrons. The first-order valence-corrected chi connectivity index (χ1v) is 9.79. The van der Waals surface area contributed by atoms with Crippen molar-refractivity contribution >= 4 is 5.91 Å². The molecule has 2 aromatic rings. The number of benzene rings is 2. The molecule has 1 amide bonds. The number of amides is 1. The summed E-state index contributed by atoms with van der Waals surface area (Å²) >= 11 is 0. The second kappa shape index (κ2) is 7.75. The molecule has 0 saturated carbocycles. The number of ether oxygens (including phenoxy) is 1. The average Bonchev–Trinajstić information content (AvgIpc) is 2.74. The molecular weight excluding hydrogens is 352 g/mol. The summed E-state index contributed by atoms with van der Waals surface area (Å²) in [5, 5.41) is 19.5. The molecule has 2 heterocycles. The zero-order valence-electron chi connectivity index (χ0n) is 15.8. The van der Waals surface area contributed by atoms with Crippen LogP contribution in [0.3, 0.4) is 0 Å². The first kappa shape index (κ1) is 18.7. The number of carbonyl (C=O) groups excluding carboxylic acids is 1. The lowest BCUT2D eigenvalue weighted by Gasteiger charge is -2.48. The van der Waals surface area contributed by atoms with Crippen molar-refractivity contribution in [3.63, 3.8) is 0 Å². The number of nitriles is 1. The standard InChI is InChI=1S/C23H24N2O3/c24-16-17-5-4-8-19(13-17)22(27)25-11-9-23(10-12-25)15-20(26)14-21(28-23)18-6-2-1-3-7-18/h1-8,13,20-21,26H,9-12,14-15H2/t20-,21-/m1/s1. The largest absolute Gasteiger partial charge is 0.393 e. The molecule has 5 nitrogen and oxygen atoms in total. The average molecular weight is 376 g/mol. The van der Waals surface area contributed by atoms with Crippen molar-refractivity contribution in [1.82, 2.24) is 4.90 Å². The summed E-state index contributed by atoms with van der Waals surface area (Å²) in [5.74, 6) is -0.0529. The van der Waals surface area contributed by atoms with Crippen LogP contribution >= 0.6 is 0 Å². The van der Waals surface area contributed by atoms with Crippen molar-refractivity contribution in [3.05, 3.63) is 71.3 Å². The van der Waals surface area contributed by atoms with E-state index in [-0.39, 0.29) is 17.6 Å². The highest BCUT2D eigenvalue weighted by molar-refractivity contribution is 5.94. The lowest BCUT2D eigenvalue weighted by molar-refractivity contribution is -0.181. The molecule has 0 unspecified atom stereocenters. The lowest BCUT2D eigenvalue weighted by atomic mass is 9.80. The summed E-state index contributed by atoms with van der Waals surface area (Å²) in [6.45, 7) is 1.17. The van der Waals surface area contributed by atoms with Crippen LogP contribution in [0.1, 0.15) is 53.3 Å². The third-order valence-electron chi connectivity index (χ3n) is 5.86. The molecule has 1 N–H and O–H groups in total. The zero-order valence-corrected chi connectivity index (χ0v) is 15.8. The number of carbonyl (C=O) groups is 1. The third kappa shape index (κ3) is 3.80. The van der Waals surface area contributed by atoms with Gasteiger partial charge in [0.05, 0.1) is 29.4 Å². The third-order valence-corrected chi connectivity index (χ3v) is 5.86. The Morgan fingerprint density at radius 1 is 1.14 bits per heavy atom. The predicted octanol–water partition coefficient (Wildman–Crippen LogP) is 3.45. The van der Waals surface area contributed by atoms with Gasteiger partial charge in [0, 0.05) is 31.5 Å². The monoisotopic (exact) mass is 376 g/mol.